The summed E-state index contributed by atoms with van der Waals surface area (Å²) in [5.74, 6) is -1.15. The first kappa shape index (κ1) is 22.5. The van der Waals surface area contributed by atoms with Crippen molar-refractivity contribution in [3.8, 4) is 17.1 Å². The zero-order chi connectivity index (χ0) is 22.6. The minimum absolute atomic E-state index is 0.00303. The molecule has 0 fully saturated rings. The summed E-state index contributed by atoms with van der Waals surface area (Å²) in [5, 5.41) is 7.93. The molecule has 1 N–H and O–H groups in total. The molecule has 0 spiro atoms. The summed E-state index contributed by atoms with van der Waals surface area (Å²) in [7, 11) is 1.77. The molecule has 0 atom stereocenters. The monoisotopic (exact) mass is 445 g/mol. The second-order valence-corrected chi connectivity index (χ2v) is 7.79. The Morgan fingerprint density at radius 2 is 1.90 bits per heavy atom. The van der Waals surface area contributed by atoms with Crippen molar-refractivity contribution in [2.75, 3.05) is 19.1 Å². The van der Waals surface area contributed by atoms with Crippen LogP contribution in [0.5, 0.6) is 6.01 Å². The predicted octanol–water partition coefficient (Wildman–Crippen LogP) is 2.72. The van der Waals surface area contributed by atoms with Crippen LogP contribution in [-0.4, -0.2) is 56.3 Å². The van der Waals surface area contributed by atoms with E-state index in [9.17, 15) is 9.59 Å². The van der Waals surface area contributed by atoms with Gasteiger partial charge in [0, 0.05) is 30.4 Å². The lowest BCUT2D eigenvalue weighted by Crippen LogP contribution is -2.47. The minimum atomic E-state index is -0.789. The first-order valence-electron chi connectivity index (χ1n) is 9.70. The third kappa shape index (κ3) is 5.29. The zero-order valence-corrected chi connectivity index (χ0v) is 18.6. The predicted molar refractivity (Wildman–Crippen MR) is 116 cm³/mol. The molecule has 1 aromatic carbocycles. The van der Waals surface area contributed by atoms with Gasteiger partial charge in [0.2, 0.25) is 0 Å². The highest BCUT2D eigenvalue weighted by atomic mass is 35.5. The third-order valence-corrected chi connectivity index (χ3v) is 4.67. The largest absolute Gasteiger partial charge is 0.464 e. The number of rotatable bonds is 8. The summed E-state index contributed by atoms with van der Waals surface area (Å²) in [5.41, 5.74) is 1.98. The Morgan fingerprint density at radius 1 is 1.19 bits per heavy atom. The molecule has 0 saturated heterocycles. The van der Waals surface area contributed by atoms with Crippen LogP contribution in [0.15, 0.2) is 30.6 Å². The van der Waals surface area contributed by atoms with Crippen molar-refractivity contribution in [3.05, 3.63) is 36.3 Å². The number of nitrogens with zero attached hydrogens (tertiary/aromatic N) is 4. The van der Waals surface area contributed by atoms with E-state index in [4.69, 9.17) is 21.1 Å². The lowest BCUT2D eigenvalue weighted by Gasteiger charge is -2.25. The number of amides is 1. The number of halogens is 1. The number of hydrogen-bond acceptors (Lipinski definition) is 7. The van der Waals surface area contributed by atoms with E-state index in [1.54, 1.807) is 38.0 Å². The average Bonchev–Trinajstić information content (AvgIpc) is 3.09. The van der Waals surface area contributed by atoms with Crippen LogP contribution in [-0.2, 0) is 16.6 Å². The number of aromatic nitrogens is 4. The fraction of sp³-hybridized carbons (Fsp3) is 0.381. The second kappa shape index (κ2) is 9.30. The van der Waals surface area contributed by atoms with Gasteiger partial charge in [-0.3, -0.25) is 14.3 Å². The molecule has 10 heteroatoms. The van der Waals surface area contributed by atoms with Gasteiger partial charge in [-0.1, -0.05) is 6.07 Å². The van der Waals surface area contributed by atoms with Crippen LogP contribution < -0.4 is 10.1 Å². The summed E-state index contributed by atoms with van der Waals surface area (Å²) in [6, 6.07) is 5.97. The first-order valence-corrected chi connectivity index (χ1v) is 10.2. The number of ether oxygens (including phenoxy) is 2. The maximum absolute atomic E-state index is 12.9. The van der Waals surface area contributed by atoms with Crippen LogP contribution in [0.25, 0.3) is 22.0 Å². The number of carbonyl (C=O) groups is 2. The van der Waals surface area contributed by atoms with Crippen molar-refractivity contribution >= 4 is 34.4 Å². The van der Waals surface area contributed by atoms with Crippen molar-refractivity contribution < 1.29 is 19.1 Å². The quantitative estimate of drug-likeness (QED) is 0.419. The summed E-state index contributed by atoms with van der Waals surface area (Å²) in [6.07, 6.45) is 3.38. The van der Waals surface area contributed by atoms with Gasteiger partial charge in [-0.25, -0.2) is 9.97 Å². The van der Waals surface area contributed by atoms with Gasteiger partial charge in [0.15, 0.2) is 5.69 Å². The molecule has 0 radical (unpaired) electrons. The molecule has 31 heavy (non-hydrogen) atoms. The number of alkyl halides is 1. The molecule has 0 unspecified atom stereocenters. The van der Waals surface area contributed by atoms with Crippen LogP contribution >= 0.6 is 11.6 Å². The zero-order valence-electron chi connectivity index (χ0n) is 17.8. The summed E-state index contributed by atoms with van der Waals surface area (Å²) >= 11 is 5.44. The van der Waals surface area contributed by atoms with E-state index in [1.807, 2.05) is 25.1 Å². The van der Waals surface area contributed by atoms with Gasteiger partial charge in [-0.2, -0.15) is 5.10 Å². The Balaban J connectivity index is 1.83. The molecule has 0 aliphatic rings. The van der Waals surface area contributed by atoms with Gasteiger partial charge in [-0.05, 0) is 38.5 Å². The number of benzene rings is 1. The van der Waals surface area contributed by atoms with E-state index >= 15 is 0 Å². The Hall–Kier alpha value is -3.20. The van der Waals surface area contributed by atoms with Crippen molar-refractivity contribution in [1.82, 2.24) is 25.1 Å². The molecule has 9 nitrogen and oxygen atoms in total. The number of carbonyl (C=O) groups excluding carboxylic acids is 2. The molecule has 1 amide bonds. The van der Waals surface area contributed by atoms with Gasteiger partial charge in [0.05, 0.1) is 17.7 Å². The number of nitrogens with one attached hydrogen (secondary N) is 1. The van der Waals surface area contributed by atoms with E-state index in [2.05, 4.69) is 20.4 Å². The summed E-state index contributed by atoms with van der Waals surface area (Å²) < 4.78 is 12.0. The average molecular weight is 446 g/mol. The molecule has 0 aliphatic carbocycles. The van der Waals surface area contributed by atoms with Gasteiger partial charge in [0.25, 0.3) is 5.91 Å². The van der Waals surface area contributed by atoms with Gasteiger partial charge < -0.3 is 14.8 Å². The highest BCUT2D eigenvalue weighted by Gasteiger charge is 2.26. The normalized spacial score (nSPS) is 11.4. The second-order valence-electron chi connectivity index (χ2n) is 7.52. The maximum atomic E-state index is 12.9. The Labute approximate surface area is 184 Å². The molecule has 164 valence electrons. The number of hydrogen-bond donors (Lipinski definition) is 1. The molecule has 0 bridgehead atoms. The van der Waals surface area contributed by atoms with Crippen LogP contribution in [0.4, 0.5) is 0 Å². The lowest BCUT2D eigenvalue weighted by molar-refractivity contribution is -0.142. The van der Waals surface area contributed by atoms with E-state index < -0.39 is 11.5 Å². The minimum Gasteiger partial charge on any atom is -0.464 e. The van der Waals surface area contributed by atoms with Crippen LogP contribution in [0.1, 0.15) is 31.3 Å². The van der Waals surface area contributed by atoms with Crippen LogP contribution in [0.2, 0.25) is 0 Å². The number of esters is 1. The molecule has 3 rings (SSSR count). The Kier molecular flexibility index (Phi) is 6.74. The van der Waals surface area contributed by atoms with Gasteiger partial charge in [0.1, 0.15) is 12.5 Å². The van der Waals surface area contributed by atoms with Gasteiger partial charge >= 0.3 is 12.0 Å². The molecule has 2 aromatic heterocycles. The highest BCUT2D eigenvalue weighted by Crippen LogP contribution is 2.26. The van der Waals surface area contributed by atoms with Crippen molar-refractivity contribution in [2.45, 2.75) is 26.3 Å². The molecule has 2 heterocycles. The fourth-order valence-corrected chi connectivity index (χ4v) is 3.05. The van der Waals surface area contributed by atoms with Crippen molar-refractivity contribution in [3.63, 3.8) is 0 Å². The molecule has 0 saturated carbocycles. The third-order valence-electron chi connectivity index (χ3n) is 4.46. The highest BCUT2D eigenvalue weighted by molar-refractivity contribution is 6.26. The Bertz CT molecular complexity index is 1100. The Morgan fingerprint density at radius 3 is 2.55 bits per heavy atom. The molecule has 3 aromatic rings. The molecular weight excluding hydrogens is 422 g/mol. The number of fused-ring (bicyclic) bond motifs is 1. The van der Waals surface area contributed by atoms with E-state index in [1.165, 1.54) is 0 Å². The van der Waals surface area contributed by atoms with Gasteiger partial charge in [-0.15, -0.1) is 11.6 Å². The SMILES string of the molecule is CCOc1ncc(-c2ccc3c(C(=O)NC(C)(C)COC(=O)CCl)nn(C)c3c2)cn1. The van der Waals surface area contributed by atoms with Crippen molar-refractivity contribution in [2.24, 2.45) is 7.05 Å². The smallest absolute Gasteiger partial charge is 0.320 e. The van der Waals surface area contributed by atoms with E-state index in [-0.39, 0.29) is 24.1 Å². The van der Waals surface area contributed by atoms with E-state index in [0.29, 0.717) is 18.0 Å². The molecular formula is C21H24ClN5O4. The van der Waals surface area contributed by atoms with Crippen LogP contribution in [0.3, 0.4) is 0 Å². The van der Waals surface area contributed by atoms with Crippen molar-refractivity contribution in [1.29, 1.82) is 0 Å². The summed E-state index contributed by atoms with van der Waals surface area (Å²) in [6.45, 7) is 5.87. The van der Waals surface area contributed by atoms with Crippen LogP contribution in [0, 0.1) is 0 Å². The maximum Gasteiger partial charge on any atom is 0.320 e. The first-order chi connectivity index (χ1) is 14.7. The fourth-order valence-electron chi connectivity index (χ4n) is 2.98. The lowest BCUT2D eigenvalue weighted by atomic mass is 10.0. The topological polar surface area (TPSA) is 108 Å². The number of aryl methyl sites for hydroxylation is 1. The van der Waals surface area contributed by atoms with E-state index in [0.717, 1.165) is 16.6 Å². The molecule has 0 aliphatic heterocycles. The summed E-state index contributed by atoms with van der Waals surface area (Å²) in [4.78, 5) is 32.5. The standard InChI is InChI=1S/C21H24ClN5O4/c1-5-30-20-23-10-14(11-24-20)13-6-7-15-16(8-13)27(4)26-18(15)19(29)25-21(2,3)12-31-17(28)9-22/h6-8,10-11H,5,9,12H2,1-4H3,(H,25,29).